The molecule has 3 heteroatoms. The molecule has 0 radical (unpaired) electrons. The molecular formula is C20H26N2O. The molecule has 1 aliphatic heterocycles. The van der Waals surface area contributed by atoms with Crippen LogP contribution >= 0.6 is 0 Å². The third-order valence-corrected chi connectivity index (χ3v) is 4.53. The molecule has 122 valence electrons. The largest absolute Gasteiger partial charge is 0.388 e. The highest BCUT2D eigenvalue weighted by atomic mass is 16.3. The quantitative estimate of drug-likeness (QED) is 0.856. The Balaban J connectivity index is 1.53. The highest BCUT2D eigenvalue weighted by Gasteiger charge is 2.14. The lowest BCUT2D eigenvalue weighted by Gasteiger charge is -2.22. The number of hydrogen-bond donors (Lipinski definition) is 2. The van der Waals surface area contributed by atoms with E-state index in [1.165, 1.54) is 23.2 Å². The first-order valence-electron chi connectivity index (χ1n) is 8.49. The zero-order valence-corrected chi connectivity index (χ0v) is 13.8. The number of fused-ring (bicyclic) bond motifs is 1. The van der Waals surface area contributed by atoms with E-state index in [1.54, 1.807) is 0 Å². The van der Waals surface area contributed by atoms with Gasteiger partial charge in [-0.2, -0.15) is 0 Å². The SMILES string of the molecule is CN(CCC(O)c1ccc2c(c1)CCCN2)Cc1ccccc1. The molecular weight excluding hydrogens is 284 g/mol. The number of hydrogen-bond acceptors (Lipinski definition) is 3. The Morgan fingerprint density at radius 2 is 2.00 bits per heavy atom. The van der Waals surface area contributed by atoms with E-state index in [4.69, 9.17) is 0 Å². The van der Waals surface area contributed by atoms with E-state index in [9.17, 15) is 5.11 Å². The molecule has 3 nitrogen and oxygen atoms in total. The van der Waals surface area contributed by atoms with Crippen LogP contribution in [0.15, 0.2) is 48.5 Å². The third kappa shape index (κ3) is 4.34. The predicted molar refractivity (Wildman–Crippen MR) is 95.6 cm³/mol. The summed E-state index contributed by atoms with van der Waals surface area (Å²) in [7, 11) is 2.11. The number of benzene rings is 2. The number of nitrogens with zero attached hydrogens (tertiary/aromatic N) is 1. The Hall–Kier alpha value is -1.84. The summed E-state index contributed by atoms with van der Waals surface area (Å²) in [6.45, 7) is 2.85. The molecule has 1 unspecified atom stereocenters. The van der Waals surface area contributed by atoms with Crippen molar-refractivity contribution in [2.24, 2.45) is 0 Å². The van der Waals surface area contributed by atoms with Crippen molar-refractivity contribution in [1.29, 1.82) is 0 Å². The van der Waals surface area contributed by atoms with Gasteiger partial charge in [0.2, 0.25) is 0 Å². The molecule has 1 atom stereocenters. The summed E-state index contributed by atoms with van der Waals surface area (Å²) in [6.07, 6.45) is 2.65. The molecule has 0 spiro atoms. The Labute approximate surface area is 139 Å². The number of aliphatic hydroxyl groups is 1. The van der Waals surface area contributed by atoms with Crippen LogP contribution in [0.2, 0.25) is 0 Å². The lowest BCUT2D eigenvalue weighted by atomic mass is 9.97. The van der Waals surface area contributed by atoms with Crippen LogP contribution < -0.4 is 5.32 Å². The smallest absolute Gasteiger partial charge is 0.0802 e. The first-order valence-corrected chi connectivity index (χ1v) is 8.49. The zero-order chi connectivity index (χ0) is 16.1. The molecule has 0 bridgehead atoms. The molecule has 2 N–H and O–H groups in total. The summed E-state index contributed by atoms with van der Waals surface area (Å²) in [5.41, 5.74) is 4.92. The van der Waals surface area contributed by atoms with E-state index < -0.39 is 0 Å². The molecule has 0 saturated carbocycles. The minimum absolute atomic E-state index is 0.388. The van der Waals surface area contributed by atoms with Crippen LogP contribution in [0.25, 0.3) is 0 Å². The van der Waals surface area contributed by atoms with E-state index >= 15 is 0 Å². The van der Waals surface area contributed by atoms with E-state index in [-0.39, 0.29) is 6.10 Å². The molecule has 2 aromatic rings. The maximum atomic E-state index is 10.5. The van der Waals surface area contributed by atoms with E-state index in [0.29, 0.717) is 0 Å². The summed E-state index contributed by atoms with van der Waals surface area (Å²) in [5.74, 6) is 0. The van der Waals surface area contributed by atoms with Gasteiger partial charge < -0.3 is 15.3 Å². The summed E-state index contributed by atoms with van der Waals surface area (Å²) >= 11 is 0. The Bertz CT molecular complexity index is 627. The van der Waals surface area contributed by atoms with Gasteiger partial charge in [-0.1, -0.05) is 42.5 Å². The van der Waals surface area contributed by atoms with E-state index in [0.717, 1.165) is 38.0 Å². The number of aryl methyl sites for hydroxylation is 1. The van der Waals surface area contributed by atoms with E-state index in [1.807, 2.05) is 6.07 Å². The van der Waals surface area contributed by atoms with Crippen molar-refractivity contribution in [2.75, 3.05) is 25.5 Å². The molecule has 0 fully saturated rings. The van der Waals surface area contributed by atoms with Crippen LogP contribution in [0.4, 0.5) is 5.69 Å². The Morgan fingerprint density at radius 3 is 2.83 bits per heavy atom. The van der Waals surface area contributed by atoms with Gasteiger partial charge in [0.1, 0.15) is 0 Å². The van der Waals surface area contributed by atoms with Crippen LogP contribution in [-0.4, -0.2) is 30.1 Å². The standard InChI is InChI=1S/C20H26N2O/c1-22(15-16-6-3-2-4-7-16)13-11-20(23)18-9-10-19-17(14-18)8-5-12-21-19/h2-4,6-7,9-10,14,20-21,23H,5,8,11-13,15H2,1H3. The zero-order valence-electron chi connectivity index (χ0n) is 13.8. The second-order valence-corrected chi connectivity index (χ2v) is 6.47. The maximum Gasteiger partial charge on any atom is 0.0802 e. The van der Waals surface area contributed by atoms with Crippen molar-refractivity contribution in [3.8, 4) is 0 Å². The minimum atomic E-state index is -0.388. The molecule has 1 aliphatic rings. The van der Waals surface area contributed by atoms with Gasteiger partial charge in [-0.25, -0.2) is 0 Å². The molecule has 0 aromatic heterocycles. The predicted octanol–water partition coefficient (Wildman–Crippen LogP) is 3.60. The van der Waals surface area contributed by atoms with E-state index in [2.05, 4.69) is 59.7 Å². The van der Waals surface area contributed by atoms with Gasteiger partial charge in [-0.05, 0) is 49.1 Å². The van der Waals surface area contributed by atoms with Crippen molar-refractivity contribution in [1.82, 2.24) is 4.90 Å². The van der Waals surface area contributed by atoms with Crippen LogP contribution in [0.5, 0.6) is 0 Å². The summed E-state index contributed by atoms with van der Waals surface area (Å²) in [5, 5.41) is 13.9. The van der Waals surface area contributed by atoms with Crippen molar-refractivity contribution in [2.45, 2.75) is 31.9 Å². The molecule has 0 saturated heterocycles. The fraction of sp³-hybridized carbons (Fsp3) is 0.400. The molecule has 1 heterocycles. The van der Waals surface area contributed by atoms with Crippen LogP contribution in [0.1, 0.15) is 35.6 Å². The lowest BCUT2D eigenvalue weighted by Crippen LogP contribution is -2.21. The molecule has 3 rings (SSSR count). The normalized spacial score (nSPS) is 15.1. The molecule has 23 heavy (non-hydrogen) atoms. The lowest BCUT2D eigenvalue weighted by molar-refractivity contribution is 0.147. The van der Waals surface area contributed by atoms with Gasteiger partial charge >= 0.3 is 0 Å². The fourth-order valence-electron chi connectivity index (χ4n) is 3.19. The minimum Gasteiger partial charge on any atom is -0.388 e. The topological polar surface area (TPSA) is 35.5 Å². The third-order valence-electron chi connectivity index (χ3n) is 4.53. The molecule has 2 aromatic carbocycles. The van der Waals surface area contributed by atoms with Crippen molar-refractivity contribution in [3.63, 3.8) is 0 Å². The van der Waals surface area contributed by atoms with Gasteiger partial charge in [-0.15, -0.1) is 0 Å². The highest BCUT2D eigenvalue weighted by molar-refractivity contribution is 5.54. The summed E-state index contributed by atoms with van der Waals surface area (Å²) < 4.78 is 0. The average Bonchev–Trinajstić information content (AvgIpc) is 2.60. The number of rotatable bonds is 6. The second-order valence-electron chi connectivity index (χ2n) is 6.47. The van der Waals surface area contributed by atoms with Crippen LogP contribution in [0.3, 0.4) is 0 Å². The van der Waals surface area contributed by atoms with Crippen LogP contribution in [-0.2, 0) is 13.0 Å². The number of nitrogens with one attached hydrogen (secondary N) is 1. The maximum absolute atomic E-state index is 10.5. The molecule has 0 aliphatic carbocycles. The van der Waals surface area contributed by atoms with Gasteiger partial charge in [-0.3, -0.25) is 0 Å². The van der Waals surface area contributed by atoms with Gasteiger partial charge in [0, 0.05) is 25.3 Å². The van der Waals surface area contributed by atoms with Crippen molar-refractivity contribution >= 4 is 5.69 Å². The Morgan fingerprint density at radius 1 is 1.17 bits per heavy atom. The Kier molecular flexibility index (Phi) is 5.31. The highest BCUT2D eigenvalue weighted by Crippen LogP contribution is 2.27. The second kappa shape index (κ2) is 7.62. The van der Waals surface area contributed by atoms with Gasteiger partial charge in [0.25, 0.3) is 0 Å². The first-order chi connectivity index (χ1) is 11.2. The van der Waals surface area contributed by atoms with Gasteiger partial charge in [0.15, 0.2) is 0 Å². The summed E-state index contributed by atoms with van der Waals surface area (Å²) in [4.78, 5) is 2.26. The van der Waals surface area contributed by atoms with Crippen molar-refractivity contribution < 1.29 is 5.11 Å². The first kappa shape index (κ1) is 16.0. The number of aliphatic hydroxyl groups excluding tert-OH is 1. The average molecular weight is 310 g/mol. The molecule has 0 amide bonds. The van der Waals surface area contributed by atoms with Crippen LogP contribution in [0, 0.1) is 0 Å². The van der Waals surface area contributed by atoms with Gasteiger partial charge in [0.05, 0.1) is 6.10 Å². The summed E-state index contributed by atoms with van der Waals surface area (Å²) in [6, 6.07) is 16.8. The fourth-order valence-corrected chi connectivity index (χ4v) is 3.19. The number of anilines is 1. The van der Waals surface area contributed by atoms with Crippen molar-refractivity contribution in [3.05, 3.63) is 65.2 Å². The monoisotopic (exact) mass is 310 g/mol.